The van der Waals surface area contributed by atoms with Crippen molar-refractivity contribution in [1.29, 1.82) is 0 Å². The highest BCUT2D eigenvalue weighted by atomic mass is 79.9. The fourth-order valence-electron chi connectivity index (χ4n) is 2.69. The van der Waals surface area contributed by atoms with Crippen LogP contribution in [0, 0.1) is 10.1 Å². The van der Waals surface area contributed by atoms with Crippen LogP contribution in [0.1, 0.15) is 12.0 Å². The minimum absolute atomic E-state index is 0.0139. The number of nitrogens with zero attached hydrogens (tertiary/aromatic N) is 3. The first-order valence-corrected chi connectivity index (χ1v) is 8.60. The molecule has 1 unspecified atom stereocenters. The standard InChI is InChI=1S/C17H16BrN3O4/c18-15-2-1-8-19-17(15)25-14-7-9-20(11-14)16(22)10-12-3-5-13(6-4-12)21(23)24/h1-6,8,14H,7,9-11H2. The summed E-state index contributed by atoms with van der Waals surface area (Å²) in [4.78, 5) is 28.5. The summed E-state index contributed by atoms with van der Waals surface area (Å²) in [5, 5.41) is 10.7. The number of nitro groups is 1. The van der Waals surface area contributed by atoms with Gasteiger partial charge in [-0.15, -0.1) is 0 Å². The number of hydrogen-bond acceptors (Lipinski definition) is 5. The van der Waals surface area contributed by atoms with E-state index < -0.39 is 4.92 Å². The Bertz CT molecular complexity index is 782. The lowest BCUT2D eigenvalue weighted by Crippen LogP contribution is -2.32. The third kappa shape index (κ3) is 4.33. The van der Waals surface area contributed by atoms with Gasteiger partial charge in [-0.1, -0.05) is 12.1 Å². The highest BCUT2D eigenvalue weighted by Gasteiger charge is 2.28. The summed E-state index contributed by atoms with van der Waals surface area (Å²) in [5.41, 5.74) is 0.777. The molecule has 2 aromatic rings. The summed E-state index contributed by atoms with van der Waals surface area (Å²) in [5.74, 6) is 0.511. The maximum atomic E-state index is 12.4. The van der Waals surface area contributed by atoms with Crippen LogP contribution in [0.5, 0.6) is 5.88 Å². The van der Waals surface area contributed by atoms with E-state index >= 15 is 0 Å². The first-order chi connectivity index (χ1) is 12.0. The van der Waals surface area contributed by atoms with Gasteiger partial charge in [-0.2, -0.15) is 0 Å². The van der Waals surface area contributed by atoms with Crippen molar-refractivity contribution in [1.82, 2.24) is 9.88 Å². The molecule has 1 aliphatic rings. The molecule has 0 N–H and O–H groups in total. The topological polar surface area (TPSA) is 85.6 Å². The molecule has 0 aliphatic carbocycles. The Morgan fingerprint density at radius 3 is 2.80 bits per heavy atom. The molecule has 2 heterocycles. The molecule has 7 nitrogen and oxygen atoms in total. The number of rotatable bonds is 5. The quantitative estimate of drug-likeness (QED) is 0.563. The second-order valence-electron chi connectivity index (χ2n) is 5.76. The van der Waals surface area contributed by atoms with Gasteiger partial charge >= 0.3 is 0 Å². The number of aromatic nitrogens is 1. The SMILES string of the molecule is O=C(Cc1ccc([N+](=O)[O-])cc1)N1CCC(Oc2ncccc2Br)C1. The number of benzene rings is 1. The molecule has 25 heavy (non-hydrogen) atoms. The molecule has 0 bridgehead atoms. The fourth-order valence-corrected chi connectivity index (χ4v) is 3.04. The number of nitro benzene ring substituents is 1. The molecule has 130 valence electrons. The van der Waals surface area contributed by atoms with Crippen LogP contribution in [0.15, 0.2) is 47.1 Å². The van der Waals surface area contributed by atoms with Crippen LogP contribution in [0.3, 0.4) is 0 Å². The van der Waals surface area contributed by atoms with Crippen molar-refractivity contribution in [3.63, 3.8) is 0 Å². The van der Waals surface area contributed by atoms with Gasteiger partial charge in [0.2, 0.25) is 11.8 Å². The molecular formula is C17H16BrN3O4. The van der Waals surface area contributed by atoms with Crippen molar-refractivity contribution >= 4 is 27.5 Å². The van der Waals surface area contributed by atoms with Gasteiger partial charge < -0.3 is 9.64 Å². The number of ether oxygens (including phenoxy) is 1. The van der Waals surface area contributed by atoms with Crippen molar-refractivity contribution < 1.29 is 14.5 Å². The Labute approximate surface area is 152 Å². The minimum Gasteiger partial charge on any atom is -0.472 e. The molecule has 1 amide bonds. The molecule has 3 rings (SSSR count). The average Bonchev–Trinajstić information content (AvgIpc) is 3.06. The molecule has 0 spiro atoms. The van der Waals surface area contributed by atoms with Crippen molar-refractivity contribution in [2.75, 3.05) is 13.1 Å². The third-order valence-electron chi connectivity index (χ3n) is 4.00. The van der Waals surface area contributed by atoms with Gasteiger partial charge in [0.05, 0.1) is 22.4 Å². The summed E-state index contributed by atoms with van der Waals surface area (Å²) in [7, 11) is 0. The van der Waals surface area contributed by atoms with Crippen molar-refractivity contribution in [2.45, 2.75) is 18.9 Å². The van der Waals surface area contributed by atoms with E-state index in [0.29, 0.717) is 19.0 Å². The van der Waals surface area contributed by atoms with Crippen LogP contribution in [0.2, 0.25) is 0 Å². The number of likely N-dealkylation sites (tertiary alicyclic amines) is 1. The normalized spacial score (nSPS) is 16.7. The summed E-state index contributed by atoms with van der Waals surface area (Å²) in [6.45, 7) is 1.13. The van der Waals surface area contributed by atoms with Crippen LogP contribution >= 0.6 is 15.9 Å². The number of carbonyl (C=O) groups is 1. The highest BCUT2D eigenvalue weighted by molar-refractivity contribution is 9.10. The molecule has 1 aromatic heterocycles. The lowest BCUT2D eigenvalue weighted by molar-refractivity contribution is -0.384. The Hall–Kier alpha value is -2.48. The van der Waals surface area contributed by atoms with Gasteiger partial charge in [0.15, 0.2) is 0 Å². The number of amides is 1. The Morgan fingerprint density at radius 2 is 2.12 bits per heavy atom. The zero-order chi connectivity index (χ0) is 17.8. The van der Waals surface area contributed by atoms with Crippen molar-refractivity contribution in [2.24, 2.45) is 0 Å². The number of non-ortho nitro benzene ring substituents is 1. The van der Waals surface area contributed by atoms with Gasteiger partial charge in [-0.25, -0.2) is 4.98 Å². The maximum Gasteiger partial charge on any atom is 0.269 e. The van der Waals surface area contributed by atoms with Gasteiger partial charge in [0.25, 0.3) is 5.69 Å². The molecule has 1 aliphatic heterocycles. The first-order valence-electron chi connectivity index (χ1n) is 7.81. The Kier molecular flexibility index (Phi) is 5.28. The number of pyridine rings is 1. The number of hydrogen-bond donors (Lipinski definition) is 0. The summed E-state index contributed by atoms with van der Waals surface area (Å²) in [6, 6.07) is 9.73. The van der Waals surface area contributed by atoms with E-state index in [2.05, 4.69) is 20.9 Å². The monoisotopic (exact) mass is 405 g/mol. The number of halogens is 1. The summed E-state index contributed by atoms with van der Waals surface area (Å²) >= 11 is 3.39. The van der Waals surface area contributed by atoms with Crippen molar-refractivity contribution in [3.05, 3.63) is 62.7 Å². The Morgan fingerprint density at radius 1 is 1.36 bits per heavy atom. The zero-order valence-electron chi connectivity index (χ0n) is 13.3. The second kappa shape index (κ2) is 7.60. The van der Waals surface area contributed by atoms with Crippen molar-refractivity contribution in [3.8, 4) is 5.88 Å². The molecule has 0 radical (unpaired) electrons. The Balaban J connectivity index is 1.55. The number of carbonyl (C=O) groups excluding carboxylic acids is 1. The van der Waals surface area contributed by atoms with E-state index in [4.69, 9.17) is 4.74 Å². The predicted molar refractivity (Wildman–Crippen MR) is 94.4 cm³/mol. The zero-order valence-corrected chi connectivity index (χ0v) is 14.9. The fraction of sp³-hybridized carbons (Fsp3) is 0.294. The van der Waals surface area contributed by atoms with Crippen LogP contribution in [0.25, 0.3) is 0 Å². The summed E-state index contributed by atoms with van der Waals surface area (Å²) in [6.07, 6.45) is 2.53. The molecule has 1 saturated heterocycles. The highest BCUT2D eigenvalue weighted by Crippen LogP contribution is 2.24. The average molecular weight is 406 g/mol. The molecular weight excluding hydrogens is 390 g/mol. The molecule has 1 aromatic carbocycles. The van der Waals surface area contributed by atoms with E-state index in [1.807, 2.05) is 12.1 Å². The van der Waals surface area contributed by atoms with Crippen LogP contribution < -0.4 is 4.74 Å². The van der Waals surface area contributed by atoms with Crippen LogP contribution in [0.4, 0.5) is 5.69 Å². The molecule has 1 fully saturated rings. The molecule has 1 atom stereocenters. The van der Waals surface area contributed by atoms with E-state index in [0.717, 1.165) is 16.5 Å². The third-order valence-corrected chi connectivity index (χ3v) is 4.61. The minimum atomic E-state index is -0.455. The van der Waals surface area contributed by atoms with Gasteiger partial charge in [-0.3, -0.25) is 14.9 Å². The van der Waals surface area contributed by atoms with Gasteiger partial charge in [0, 0.05) is 31.3 Å². The van der Waals surface area contributed by atoms with E-state index in [1.54, 1.807) is 23.2 Å². The second-order valence-corrected chi connectivity index (χ2v) is 6.61. The first kappa shape index (κ1) is 17.3. The largest absolute Gasteiger partial charge is 0.472 e. The lowest BCUT2D eigenvalue weighted by Gasteiger charge is -2.17. The van der Waals surface area contributed by atoms with E-state index in [1.165, 1.54) is 12.1 Å². The van der Waals surface area contributed by atoms with E-state index in [9.17, 15) is 14.9 Å². The van der Waals surface area contributed by atoms with E-state index in [-0.39, 0.29) is 24.1 Å². The molecule has 0 saturated carbocycles. The van der Waals surface area contributed by atoms with Crippen LogP contribution in [-0.2, 0) is 11.2 Å². The maximum absolute atomic E-state index is 12.4. The van der Waals surface area contributed by atoms with Gasteiger partial charge in [-0.05, 0) is 33.6 Å². The lowest BCUT2D eigenvalue weighted by atomic mass is 10.1. The molecule has 8 heteroatoms. The summed E-state index contributed by atoms with van der Waals surface area (Å²) < 4.78 is 6.63. The van der Waals surface area contributed by atoms with Gasteiger partial charge in [0.1, 0.15) is 6.10 Å². The smallest absolute Gasteiger partial charge is 0.269 e. The van der Waals surface area contributed by atoms with Crippen LogP contribution in [-0.4, -0.2) is 39.9 Å². The predicted octanol–water partition coefficient (Wildman–Crippen LogP) is 2.97.